The van der Waals surface area contributed by atoms with Crippen molar-refractivity contribution in [1.29, 1.82) is 0 Å². The maximum Gasteiger partial charge on any atom is 0.269 e. The molecule has 1 saturated heterocycles. The summed E-state index contributed by atoms with van der Waals surface area (Å²) in [5, 5.41) is 23.1. The van der Waals surface area contributed by atoms with Gasteiger partial charge in [0.15, 0.2) is 0 Å². The number of H-pyrrole nitrogens is 1. The fourth-order valence-electron chi connectivity index (χ4n) is 2.45. The van der Waals surface area contributed by atoms with Gasteiger partial charge < -0.3 is 15.7 Å². The summed E-state index contributed by atoms with van der Waals surface area (Å²) in [5.74, 6) is -0.186. The Morgan fingerprint density at radius 1 is 1.35 bits per heavy atom. The maximum absolute atomic E-state index is 12.1. The molecular weight excluding hydrogens is 339 g/mol. The smallest absolute Gasteiger partial charge is 0.269 e. The number of halogens is 2. The number of benzene rings is 1. The quantitative estimate of drug-likeness (QED) is 0.667. The van der Waals surface area contributed by atoms with Crippen molar-refractivity contribution in [3.63, 3.8) is 0 Å². The third-order valence-electron chi connectivity index (χ3n) is 3.79. The highest BCUT2D eigenvalue weighted by Gasteiger charge is 2.25. The Morgan fingerprint density at radius 2 is 2.09 bits per heavy atom. The molecular formula is C15H18Cl2N4O2. The van der Waals surface area contributed by atoms with Crippen LogP contribution in [0.15, 0.2) is 30.3 Å². The van der Waals surface area contributed by atoms with Crippen molar-refractivity contribution in [2.75, 3.05) is 19.6 Å². The van der Waals surface area contributed by atoms with Crippen LogP contribution in [0.1, 0.15) is 10.5 Å². The second-order valence-corrected chi connectivity index (χ2v) is 5.81. The van der Waals surface area contributed by atoms with Crippen LogP contribution in [-0.4, -0.2) is 46.9 Å². The van der Waals surface area contributed by atoms with Gasteiger partial charge in [-0.25, -0.2) is 0 Å². The van der Waals surface area contributed by atoms with Gasteiger partial charge in [-0.2, -0.15) is 5.10 Å². The molecule has 8 heteroatoms. The van der Waals surface area contributed by atoms with Gasteiger partial charge in [0.05, 0.1) is 11.8 Å². The summed E-state index contributed by atoms with van der Waals surface area (Å²) in [6.07, 6.45) is -0.410. The molecule has 124 valence electrons. The van der Waals surface area contributed by atoms with Gasteiger partial charge >= 0.3 is 0 Å². The number of carbonyl (C=O) groups is 1. The average molecular weight is 357 g/mol. The second-order valence-electron chi connectivity index (χ2n) is 5.37. The summed E-state index contributed by atoms with van der Waals surface area (Å²) in [6.45, 7) is 1.72. The number of nitrogens with zero attached hydrogens (tertiary/aromatic N) is 1. The SMILES string of the molecule is Cl.O=C(NCC1CNCC1O)c1cc(-c2ccc(Cl)cc2)n[nH]1. The van der Waals surface area contributed by atoms with Crippen molar-refractivity contribution in [3.8, 4) is 11.3 Å². The van der Waals surface area contributed by atoms with Crippen molar-refractivity contribution >= 4 is 29.9 Å². The minimum absolute atomic E-state index is 0. The predicted octanol–water partition coefficient (Wildman–Crippen LogP) is 1.46. The predicted molar refractivity (Wildman–Crippen MR) is 91.0 cm³/mol. The van der Waals surface area contributed by atoms with Crippen molar-refractivity contribution in [1.82, 2.24) is 20.8 Å². The lowest BCUT2D eigenvalue weighted by atomic mass is 10.1. The molecule has 1 aliphatic heterocycles. The van der Waals surface area contributed by atoms with Crippen LogP contribution in [0.25, 0.3) is 11.3 Å². The van der Waals surface area contributed by atoms with Crippen LogP contribution in [0.2, 0.25) is 5.02 Å². The first-order valence-electron chi connectivity index (χ1n) is 7.12. The van der Waals surface area contributed by atoms with Crippen LogP contribution >= 0.6 is 24.0 Å². The Labute approximate surface area is 145 Å². The van der Waals surface area contributed by atoms with Gasteiger partial charge in [0, 0.05) is 36.1 Å². The zero-order valence-corrected chi connectivity index (χ0v) is 13.8. The Balaban J connectivity index is 0.00000192. The van der Waals surface area contributed by atoms with E-state index in [-0.39, 0.29) is 24.2 Å². The summed E-state index contributed by atoms with van der Waals surface area (Å²) in [4.78, 5) is 12.1. The zero-order valence-electron chi connectivity index (χ0n) is 12.3. The van der Waals surface area contributed by atoms with E-state index in [1.54, 1.807) is 18.2 Å². The van der Waals surface area contributed by atoms with Crippen molar-refractivity contribution in [3.05, 3.63) is 41.0 Å². The summed E-state index contributed by atoms with van der Waals surface area (Å²) in [5.41, 5.74) is 1.96. The summed E-state index contributed by atoms with van der Waals surface area (Å²) in [7, 11) is 0. The molecule has 1 amide bonds. The molecule has 0 saturated carbocycles. The Kier molecular flexibility index (Phi) is 6.01. The van der Waals surface area contributed by atoms with Crippen LogP contribution in [0, 0.1) is 5.92 Å². The molecule has 2 unspecified atom stereocenters. The number of aliphatic hydroxyl groups is 1. The molecule has 3 rings (SSSR count). The van der Waals surface area contributed by atoms with Gasteiger partial charge in [-0.3, -0.25) is 9.89 Å². The molecule has 0 spiro atoms. The minimum Gasteiger partial charge on any atom is -0.391 e. The van der Waals surface area contributed by atoms with E-state index in [0.717, 1.165) is 5.56 Å². The monoisotopic (exact) mass is 356 g/mol. The minimum atomic E-state index is -0.410. The van der Waals surface area contributed by atoms with E-state index in [4.69, 9.17) is 11.6 Å². The number of aliphatic hydroxyl groups excluding tert-OH is 1. The summed E-state index contributed by atoms with van der Waals surface area (Å²) in [6, 6.07) is 8.95. The highest BCUT2D eigenvalue weighted by Crippen LogP contribution is 2.20. The number of carbonyl (C=O) groups excluding carboxylic acids is 1. The van der Waals surface area contributed by atoms with E-state index >= 15 is 0 Å². The fourth-order valence-corrected chi connectivity index (χ4v) is 2.58. The van der Waals surface area contributed by atoms with Crippen LogP contribution in [0.5, 0.6) is 0 Å². The number of aromatic amines is 1. The molecule has 1 fully saturated rings. The molecule has 6 nitrogen and oxygen atoms in total. The van der Waals surface area contributed by atoms with Crippen molar-refractivity contribution < 1.29 is 9.90 Å². The number of hydrogen-bond donors (Lipinski definition) is 4. The number of hydrogen-bond acceptors (Lipinski definition) is 4. The Bertz CT molecular complexity index is 660. The molecule has 1 aliphatic rings. The molecule has 1 aromatic carbocycles. The van der Waals surface area contributed by atoms with Crippen molar-refractivity contribution in [2.24, 2.45) is 5.92 Å². The molecule has 4 N–H and O–H groups in total. The Morgan fingerprint density at radius 3 is 2.74 bits per heavy atom. The average Bonchev–Trinajstić information content (AvgIpc) is 3.15. The first kappa shape index (κ1) is 17.7. The molecule has 0 bridgehead atoms. The largest absolute Gasteiger partial charge is 0.391 e. The molecule has 23 heavy (non-hydrogen) atoms. The fraction of sp³-hybridized carbons (Fsp3) is 0.333. The van der Waals surface area contributed by atoms with Gasteiger partial charge in [-0.15, -0.1) is 12.4 Å². The highest BCUT2D eigenvalue weighted by atomic mass is 35.5. The van der Waals surface area contributed by atoms with Gasteiger partial charge in [0.25, 0.3) is 5.91 Å². The third-order valence-corrected chi connectivity index (χ3v) is 4.04. The van der Waals surface area contributed by atoms with E-state index in [1.807, 2.05) is 12.1 Å². The third kappa shape index (κ3) is 4.23. The van der Waals surface area contributed by atoms with Crippen LogP contribution in [0.3, 0.4) is 0 Å². The molecule has 0 radical (unpaired) electrons. The first-order valence-corrected chi connectivity index (χ1v) is 7.49. The maximum atomic E-state index is 12.1. The van der Waals surface area contributed by atoms with E-state index in [9.17, 15) is 9.90 Å². The molecule has 2 aromatic rings. The van der Waals surface area contributed by atoms with E-state index in [1.165, 1.54) is 0 Å². The first-order chi connectivity index (χ1) is 10.6. The van der Waals surface area contributed by atoms with Gasteiger partial charge in [0.1, 0.15) is 5.69 Å². The lowest BCUT2D eigenvalue weighted by molar-refractivity contribution is 0.0922. The van der Waals surface area contributed by atoms with Gasteiger partial charge in [-0.05, 0) is 18.2 Å². The number of β-amino-alcohol motifs (C(OH)–C–C–N with tert-alkyl or cyclic N) is 1. The van der Waals surface area contributed by atoms with Gasteiger partial charge in [0.2, 0.25) is 0 Å². The molecule has 1 aromatic heterocycles. The second kappa shape index (κ2) is 7.79. The zero-order chi connectivity index (χ0) is 15.5. The molecule has 2 heterocycles. The normalized spacial score (nSPS) is 20.1. The number of aromatic nitrogens is 2. The van der Waals surface area contributed by atoms with E-state index in [2.05, 4.69) is 20.8 Å². The van der Waals surface area contributed by atoms with Crippen LogP contribution < -0.4 is 10.6 Å². The van der Waals surface area contributed by atoms with E-state index in [0.29, 0.717) is 36.0 Å². The standard InChI is InChI=1S/C15H17ClN4O2.ClH/c16-11-3-1-9(2-4-11)12-5-13(20-19-12)15(22)18-7-10-6-17-8-14(10)21;/h1-5,10,14,17,21H,6-8H2,(H,18,22)(H,19,20);1H. The number of rotatable bonds is 4. The molecule has 0 aliphatic carbocycles. The lowest BCUT2D eigenvalue weighted by Crippen LogP contribution is -2.34. The van der Waals surface area contributed by atoms with Crippen LogP contribution in [-0.2, 0) is 0 Å². The van der Waals surface area contributed by atoms with Crippen LogP contribution in [0.4, 0.5) is 0 Å². The molecule has 2 atom stereocenters. The lowest BCUT2D eigenvalue weighted by Gasteiger charge is -2.13. The van der Waals surface area contributed by atoms with Gasteiger partial charge in [-0.1, -0.05) is 23.7 Å². The summed E-state index contributed by atoms with van der Waals surface area (Å²) >= 11 is 5.85. The topological polar surface area (TPSA) is 90.0 Å². The Hall–Kier alpha value is -1.60. The number of amides is 1. The number of nitrogens with one attached hydrogen (secondary N) is 3. The van der Waals surface area contributed by atoms with E-state index < -0.39 is 6.10 Å². The highest BCUT2D eigenvalue weighted by molar-refractivity contribution is 6.30. The summed E-state index contributed by atoms with van der Waals surface area (Å²) < 4.78 is 0. The van der Waals surface area contributed by atoms with Crippen molar-refractivity contribution in [2.45, 2.75) is 6.10 Å².